The molecule has 1 nitrogen and oxygen atoms in total. The molecule has 0 saturated heterocycles. The first-order valence-corrected chi connectivity index (χ1v) is 7.24. The summed E-state index contributed by atoms with van der Waals surface area (Å²) in [5.41, 5.74) is 0. The van der Waals surface area contributed by atoms with Gasteiger partial charge in [-0.2, -0.15) is 0 Å². The maximum Gasteiger partial charge on any atom is 0.0541 e. The Morgan fingerprint density at radius 2 is 2.19 bits per heavy atom. The standard InChI is InChI=1S/C13H18ClNS/c1-10(11-6-7-11)15-8-9-16-13-5-3-2-4-12(13)14/h2-5,10-11,15H,6-9H2,1H3. The highest BCUT2D eigenvalue weighted by Gasteiger charge is 2.27. The molecule has 1 unspecified atom stereocenters. The second-order valence-corrected chi connectivity index (χ2v) is 5.90. The minimum Gasteiger partial charge on any atom is -0.313 e. The van der Waals surface area contributed by atoms with Crippen molar-refractivity contribution in [1.82, 2.24) is 5.32 Å². The fourth-order valence-electron chi connectivity index (χ4n) is 1.77. The van der Waals surface area contributed by atoms with Crippen molar-refractivity contribution in [3.05, 3.63) is 29.3 Å². The summed E-state index contributed by atoms with van der Waals surface area (Å²) in [6.45, 7) is 3.35. The third kappa shape index (κ3) is 3.69. The lowest BCUT2D eigenvalue weighted by Gasteiger charge is -2.12. The summed E-state index contributed by atoms with van der Waals surface area (Å²) in [5, 5.41) is 4.43. The predicted molar refractivity (Wildman–Crippen MR) is 72.4 cm³/mol. The molecule has 1 aromatic rings. The number of hydrogen-bond donors (Lipinski definition) is 1. The van der Waals surface area contributed by atoms with E-state index in [0.717, 1.165) is 23.2 Å². The van der Waals surface area contributed by atoms with Crippen molar-refractivity contribution in [2.75, 3.05) is 12.3 Å². The van der Waals surface area contributed by atoms with Gasteiger partial charge in [-0.05, 0) is 37.8 Å². The van der Waals surface area contributed by atoms with Crippen LogP contribution in [0.5, 0.6) is 0 Å². The molecule has 1 saturated carbocycles. The minimum atomic E-state index is 0.687. The largest absolute Gasteiger partial charge is 0.313 e. The monoisotopic (exact) mass is 255 g/mol. The molecule has 0 heterocycles. The molecule has 0 radical (unpaired) electrons. The van der Waals surface area contributed by atoms with Gasteiger partial charge in [-0.1, -0.05) is 23.7 Å². The van der Waals surface area contributed by atoms with Gasteiger partial charge in [0.05, 0.1) is 5.02 Å². The first-order chi connectivity index (χ1) is 7.77. The fourth-order valence-corrected chi connectivity index (χ4v) is 2.89. The molecule has 1 aliphatic carbocycles. The molecule has 88 valence electrons. The Labute approximate surface area is 107 Å². The lowest BCUT2D eigenvalue weighted by molar-refractivity contribution is 0.514. The summed E-state index contributed by atoms with van der Waals surface area (Å²) in [6, 6.07) is 8.72. The third-order valence-electron chi connectivity index (χ3n) is 2.99. The van der Waals surface area contributed by atoms with Gasteiger partial charge in [0, 0.05) is 23.2 Å². The van der Waals surface area contributed by atoms with Crippen molar-refractivity contribution in [2.24, 2.45) is 5.92 Å². The van der Waals surface area contributed by atoms with Gasteiger partial charge in [0.1, 0.15) is 0 Å². The van der Waals surface area contributed by atoms with E-state index in [-0.39, 0.29) is 0 Å². The van der Waals surface area contributed by atoms with Crippen molar-refractivity contribution < 1.29 is 0 Å². The Hall–Kier alpha value is -0.180. The number of nitrogens with one attached hydrogen (secondary N) is 1. The van der Waals surface area contributed by atoms with Crippen LogP contribution in [0.1, 0.15) is 19.8 Å². The van der Waals surface area contributed by atoms with Crippen LogP contribution in [0.3, 0.4) is 0 Å². The number of hydrogen-bond acceptors (Lipinski definition) is 2. The second kappa shape index (κ2) is 5.95. The zero-order valence-corrected chi connectivity index (χ0v) is 11.2. The quantitative estimate of drug-likeness (QED) is 0.613. The molecule has 2 rings (SSSR count). The summed E-state index contributed by atoms with van der Waals surface area (Å²) < 4.78 is 0. The van der Waals surface area contributed by atoms with Crippen molar-refractivity contribution >= 4 is 23.4 Å². The van der Waals surface area contributed by atoms with Crippen LogP contribution >= 0.6 is 23.4 Å². The van der Waals surface area contributed by atoms with Crippen molar-refractivity contribution in [3.63, 3.8) is 0 Å². The molecule has 0 aliphatic heterocycles. The second-order valence-electron chi connectivity index (χ2n) is 4.36. The van der Waals surface area contributed by atoms with E-state index in [1.165, 1.54) is 17.7 Å². The highest BCUT2D eigenvalue weighted by molar-refractivity contribution is 7.99. The van der Waals surface area contributed by atoms with Crippen LogP contribution in [0.25, 0.3) is 0 Å². The van der Waals surface area contributed by atoms with Gasteiger partial charge >= 0.3 is 0 Å². The van der Waals surface area contributed by atoms with Gasteiger partial charge in [0.25, 0.3) is 0 Å². The van der Waals surface area contributed by atoms with Gasteiger partial charge < -0.3 is 5.32 Å². The van der Waals surface area contributed by atoms with E-state index in [2.05, 4.69) is 18.3 Å². The molecule has 0 spiro atoms. The number of thioether (sulfide) groups is 1. The van der Waals surface area contributed by atoms with Gasteiger partial charge in [-0.3, -0.25) is 0 Å². The molecule has 1 fully saturated rings. The average molecular weight is 256 g/mol. The van der Waals surface area contributed by atoms with Crippen LogP contribution < -0.4 is 5.32 Å². The summed E-state index contributed by atoms with van der Waals surface area (Å²) in [5.74, 6) is 2.02. The Kier molecular flexibility index (Phi) is 4.56. The summed E-state index contributed by atoms with van der Waals surface area (Å²) in [4.78, 5) is 1.19. The lowest BCUT2D eigenvalue weighted by Crippen LogP contribution is -2.29. The van der Waals surface area contributed by atoms with E-state index in [1.807, 2.05) is 30.0 Å². The summed E-state index contributed by atoms with van der Waals surface area (Å²) in [6.07, 6.45) is 2.82. The maximum absolute atomic E-state index is 6.08. The molecule has 16 heavy (non-hydrogen) atoms. The highest BCUT2D eigenvalue weighted by atomic mass is 35.5. The smallest absolute Gasteiger partial charge is 0.0541 e. The van der Waals surface area contributed by atoms with E-state index in [4.69, 9.17) is 11.6 Å². The van der Waals surface area contributed by atoms with Crippen LogP contribution in [0.4, 0.5) is 0 Å². The zero-order chi connectivity index (χ0) is 11.4. The minimum absolute atomic E-state index is 0.687. The van der Waals surface area contributed by atoms with E-state index in [9.17, 15) is 0 Å². The molecule has 0 bridgehead atoms. The molecular weight excluding hydrogens is 238 g/mol. The molecule has 1 aromatic carbocycles. The number of halogens is 1. The van der Waals surface area contributed by atoms with Crippen LogP contribution in [0.2, 0.25) is 5.02 Å². The third-order valence-corrected chi connectivity index (χ3v) is 4.51. The SMILES string of the molecule is CC(NCCSc1ccccc1Cl)C1CC1. The predicted octanol–water partition coefficient (Wildman–Crippen LogP) is 3.82. The first kappa shape index (κ1) is 12.3. The van der Waals surface area contributed by atoms with E-state index < -0.39 is 0 Å². The highest BCUT2D eigenvalue weighted by Crippen LogP contribution is 2.32. The maximum atomic E-state index is 6.08. The molecule has 1 aliphatic rings. The van der Waals surface area contributed by atoms with Crippen LogP contribution in [-0.2, 0) is 0 Å². The average Bonchev–Trinajstić information content (AvgIpc) is 3.10. The van der Waals surface area contributed by atoms with Gasteiger partial charge in [0.2, 0.25) is 0 Å². The fraction of sp³-hybridized carbons (Fsp3) is 0.538. The van der Waals surface area contributed by atoms with Crippen LogP contribution in [-0.4, -0.2) is 18.3 Å². The Morgan fingerprint density at radius 1 is 1.44 bits per heavy atom. The van der Waals surface area contributed by atoms with E-state index >= 15 is 0 Å². The van der Waals surface area contributed by atoms with Crippen LogP contribution in [0.15, 0.2) is 29.2 Å². The Morgan fingerprint density at radius 3 is 2.88 bits per heavy atom. The van der Waals surface area contributed by atoms with E-state index in [1.54, 1.807) is 0 Å². The molecule has 1 atom stereocenters. The molecule has 1 N–H and O–H groups in total. The summed E-state index contributed by atoms with van der Waals surface area (Å²) >= 11 is 7.91. The summed E-state index contributed by atoms with van der Waals surface area (Å²) in [7, 11) is 0. The Bertz CT molecular complexity index is 338. The van der Waals surface area contributed by atoms with Crippen molar-refractivity contribution in [2.45, 2.75) is 30.7 Å². The van der Waals surface area contributed by atoms with Gasteiger partial charge in [-0.15, -0.1) is 11.8 Å². The van der Waals surface area contributed by atoms with Gasteiger partial charge in [0.15, 0.2) is 0 Å². The first-order valence-electron chi connectivity index (χ1n) is 5.88. The molecule has 3 heteroatoms. The van der Waals surface area contributed by atoms with Crippen molar-refractivity contribution in [1.29, 1.82) is 0 Å². The molecule has 0 amide bonds. The number of rotatable bonds is 6. The lowest BCUT2D eigenvalue weighted by atomic mass is 10.2. The van der Waals surface area contributed by atoms with Crippen molar-refractivity contribution in [3.8, 4) is 0 Å². The normalized spacial score (nSPS) is 17.4. The molecular formula is C13H18ClNS. The topological polar surface area (TPSA) is 12.0 Å². The van der Waals surface area contributed by atoms with Gasteiger partial charge in [-0.25, -0.2) is 0 Å². The van der Waals surface area contributed by atoms with Crippen LogP contribution in [0, 0.1) is 5.92 Å². The zero-order valence-electron chi connectivity index (χ0n) is 9.58. The number of benzene rings is 1. The Balaban J connectivity index is 1.66. The molecule has 0 aromatic heterocycles. The van der Waals surface area contributed by atoms with E-state index in [0.29, 0.717) is 6.04 Å².